The van der Waals surface area contributed by atoms with Gasteiger partial charge in [-0.2, -0.15) is 4.98 Å². The van der Waals surface area contributed by atoms with Crippen LogP contribution in [0.15, 0.2) is 34.2 Å². The summed E-state index contributed by atoms with van der Waals surface area (Å²) in [5.41, 5.74) is 2.08. The molecule has 0 atom stereocenters. The molecular formula is C15H12N2O3S. The maximum atomic E-state index is 5.36. The molecule has 0 aliphatic carbocycles. The van der Waals surface area contributed by atoms with E-state index in [2.05, 4.69) is 28.5 Å². The first-order chi connectivity index (χ1) is 10.3. The van der Waals surface area contributed by atoms with Crippen LogP contribution in [-0.2, 0) is 6.42 Å². The minimum Gasteiger partial charge on any atom is -0.454 e. The Kier molecular flexibility index (Phi) is 2.89. The van der Waals surface area contributed by atoms with Crippen LogP contribution in [0.25, 0.3) is 11.4 Å². The molecule has 2 aromatic heterocycles. The molecular weight excluding hydrogens is 288 g/mol. The Bertz CT molecular complexity index is 794. The number of aryl methyl sites for hydroxylation is 1. The van der Waals surface area contributed by atoms with Gasteiger partial charge in [-0.3, -0.25) is 0 Å². The Balaban J connectivity index is 1.61. The number of benzene rings is 1. The van der Waals surface area contributed by atoms with E-state index >= 15 is 0 Å². The van der Waals surface area contributed by atoms with Crippen LogP contribution in [0.3, 0.4) is 0 Å². The second-order valence-corrected chi connectivity index (χ2v) is 5.88. The van der Waals surface area contributed by atoms with Crippen molar-refractivity contribution in [2.24, 2.45) is 0 Å². The van der Waals surface area contributed by atoms with Gasteiger partial charge in [0.1, 0.15) is 0 Å². The van der Waals surface area contributed by atoms with Gasteiger partial charge >= 0.3 is 0 Å². The van der Waals surface area contributed by atoms with Gasteiger partial charge in [-0.1, -0.05) is 5.16 Å². The number of thiophene rings is 1. The minimum absolute atomic E-state index is 0.258. The molecule has 6 heteroatoms. The molecule has 0 bridgehead atoms. The number of ether oxygens (including phenoxy) is 2. The lowest BCUT2D eigenvalue weighted by Gasteiger charge is -1.97. The van der Waals surface area contributed by atoms with Crippen molar-refractivity contribution in [3.63, 3.8) is 0 Å². The summed E-state index contributed by atoms with van der Waals surface area (Å²) in [6.07, 6.45) is 0.660. The zero-order valence-electron chi connectivity index (χ0n) is 11.3. The van der Waals surface area contributed by atoms with Crippen LogP contribution in [0.1, 0.15) is 16.3 Å². The number of nitrogens with zero attached hydrogens (tertiary/aromatic N) is 2. The smallest absolute Gasteiger partial charge is 0.231 e. The van der Waals surface area contributed by atoms with E-state index in [1.165, 1.54) is 10.4 Å². The van der Waals surface area contributed by atoms with Crippen LogP contribution < -0.4 is 9.47 Å². The van der Waals surface area contributed by atoms with Gasteiger partial charge in [-0.25, -0.2) is 0 Å². The van der Waals surface area contributed by atoms with Crippen LogP contribution in [-0.4, -0.2) is 16.9 Å². The molecule has 0 fully saturated rings. The first-order valence-corrected chi connectivity index (χ1v) is 7.43. The van der Waals surface area contributed by atoms with Gasteiger partial charge in [0, 0.05) is 10.4 Å². The standard InChI is InChI=1S/C15H12N2O3S/c1-9-10(4-5-21-9)7-14-16-15(17-20-14)11-2-3-12-13(6-11)19-8-18-12/h2-6H,7-8H2,1H3. The Morgan fingerprint density at radius 2 is 2.10 bits per heavy atom. The lowest BCUT2D eigenvalue weighted by Crippen LogP contribution is -1.92. The zero-order valence-corrected chi connectivity index (χ0v) is 12.1. The second-order valence-electron chi connectivity index (χ2n) is 4.76. The topological polar surface area (TPSA) is 57.4 Å². The Hall–Kier alpha value is -2.34. The third-order valence-electron chi connectivity index (χ3n) is 3.41. The number of aromatic nitrogens is 2. The quantitative estimate of drug-likeness (QED) is 0.741. The largest absolute Gasteiger partial charge is 0.454 e. The number of rotatable bonds is 3. The van der Waals surface area contributed by atoms with E-state index < -0.39 is 0 Å². The molecule has 5 nitrogen and oxygen atoms in total. The van der Waals surface area contributed by atoms with E-state index in [1.54, 1.807) is 11.3 Å². The third kappa shape index (κ3) is 2.27. The summed E-state index contributed by atoms with van der Waals surface area (Å²) < 4.78 is 16.0. The SMILES string of the molecule is Cc1sccc1Cc1nc(-c2ccc3c(c2)OCO3)no1. The van der Waals surface area contributed by atoms with Gasteiger partial charge in [-0.05, 0) is 42.1 Å². The summed E-state index contributed by atoms with van der Waals surface area (Å²) in [4.78, 5) is 5.73. The average molecular weight is 300 g/mol. The van der Waals surface area contributed by atoms with Crippen LogP contribution in [0.5, 0.6) is 11.5 Å². The molecule has 21 heavy (non-hydrogen) atoms. The molecule has 0 unspecified atom stereocenters. The van der Waals surface area contributed by atoms with Crippen molar-refractivity contribution in [1.29, 1.82) is 0 Å². The molecule has 0 saturated carbocycles. The molecule has 0 amide bonds. The van der Waals surface area contributed by atoms with Crippen LogP contribution in [0.4, 0.5) is 0 Å². The normalized spacial score (nSPS) is 12.8. The van der Waals surface area contributed by atoms with E-state index in [0.717, 1.165) is 11.3 Å². The highest BCUT2D eigenvalue weighted by molar-refractivity contribution is 7.10. The summed E-state index contributed by atoms with van der Waals surface area (Å²) in [7, 11) is 0. The monoisotopic (exact) mass is 300 g/mol. The van der Waals surface area contributed by atoms with Crippen molar-refractivity contribution in [2.75, 3.05) is 6.79 Å². The summed E-state index contributed by atoms with van der Waals surface area (Å²) >= 11 is 1.72. The van der Waals surface area contributed by atoms with Crippen LogP contribution >= 0.6 is 11.3 Å². The Labute approximate surface area is 125 Å². The van der Waals surface area contributed by atoms with E-state index in [9.17, 15) is 0 Å². The molecule has 3 aromatic rings. The lowest BCUT2D eigenvalue weighted by molar-refractivity contribution is 0.174. The molecule has 0 radical (unpaired) electrons. The van der Waals surface area contributed by atoms with E-state index in [0.29, 0.717) is 23.9 Å². The van der Waals surface area contributed by atoms with Crippen molar-refractivity contribution >= 4 is 11.3 Å². The van der Waals surface area contributed by atoms with Crippen molar-refractivity contribution in [3.05, 3.63) is 46.0 Å². The molecule has 1 aliphatic rings. The first-order valence-electron chi connectivity index (χ1n) is 6.55. The highest BCUT2D eigenvalue weighted by atomic mass is 32.1. The van der Waals surface area contributed by atoms with Gasteiger partial charge in [0.25, 0.3) is 0 Å². The van der Waals surface area contributed by atoms with Gasteiger partial charge in [-0.15, -0.1) is 11.3 Å². The fourth-order valence-corrected chi connectivity index (χ4v) is 2.97. The maximum absolute atomic E-state index is 5.36. The van der Waals surface area contributed by atoms with E-state index in [1.807, 2.05) is 18.2 Å². The highest BCUT2D eigenvalue weighted by Gasteiger charge is 2.16. The second kappa shape index (κ2) is 4.89. The Morgan fingerprint density at radius 3 is 2.95 bits per heavy atom. The molecule has 106 valence electrons. The zero-order chi connectivity index (χ0) is 14.2. The molecule has 0 spiro atoms. The summed E-state index contributed by atoms with van der Waals surface area (Å²) in [6.45, 7) is 2.35. The van der Waals surface area contributed by atoms with Crippen molar-refractivity contribution < 1.29 is 14.0 Å². The number of fused-ring (bicyclic) bond motifs is 1. The molecule has 0 saturated heterocycles. The molecule has 0 N–H and O–H groups in total. The highest BCUT2D eigenvalue weighted by Crippen LogP contribution is 2.35. The van der Waals surface area contributed by atoms with Gasteiger partial charge < -0.3 is 14.0 Å². The fraction of sp³-hybridized carbons (Fsp3) is 0.200. The molecule has 4 rings (SSSR count). The molecule has 3 heterocycles. The Morgan fingerprint density at radius 1 is 1.19 bits per heavy atom. The number of hydrogen-bond acceptors (Lipinski definition) is 6. The summed E-state index contributed by atoms with van der Waals surface area (Å²) in [6, 6.07) is 7.71. The average Bonchev–Trinajstić information content (AvgIpc) is 3.20. The molecule has 1 aromatic carbocycles. The van der Waals surface area contributed by atoms with Crippen LogP contribution in [0, 0.1) is 6.92 Å². The van der Waals surface area contributed by atoms with E-state index in [4.69, 9.17) is 14.0 Å². The fourth-order valence-electron chi connectivity index (χ4n) is 2.24. The predicted octanol–water partition coefficient (Wildman–Crippen LogP) is 3.43. The minimum atomic E-state index is 0.258. The van der Waals surface area contributed by atoms with Crippen molar-refractivity contribution in [1.82, 2.24) is 10.1 Å². The van der Waals surface area contributed by atoms with Gasteiger partial charge in [0.05, 0.1) is 6.42 Å². The molecule has 1 aliphatic heterocycles. The van der Waals surface area contributed by atoms with Gasteiger partial charge in [0.2, 0.25) is 18.5 Å². The van der Waals surface area contributed by atoms with Gasteiger partial charge in [0.15, 0.2) is 11.5 Å². The summed E-state index contributed by atoms with van der Waals surface area (Å²) in [5, 5.41) is 6.11. The van der Waals surface area contributed by atoms with Crippen molar-refractivity contribution in [2.45, 2.75) is 13.3 Å². The predicted molar refractivity (Wildman–Crippen MR) is 77.7 cm³/mol. The lowest BCUT2D eigenvalue weighted by atomic mass is 10.2. The number of hydrogen-bond donors (Lipinski definition) is 0. The summed E-state index contributed by atoms with van der Waals surface area (Å²) in [5.74, 6) is 2.64. The third-order valence-corrected chi connectivity index (χ3v) is 4.29. The van der Waals surface area contributed by atoms with E-state index in [-0.39, 0.29) is 6.79 Å². The first kappa shape index (κ1) is 12.4. The maximum Gasteiger partial charge on any atom is 0.231 e. The van der Waals surface area contributed by atoms with Crippen LogP contribution in [0.2, 0.25) is 0 Å². The van der Waals surface area contributed by atoms with Crippen molar-refractivity contribution in [3.8, 4) is 22.9 Å².